The fraction of sp³-hybridized carbons (Fsp3) is 0.286. The molecular weight excluding hydrogens is 377 g/mol. The molecule has 0 aliphatic heterocycles. The van der Waals surface area contributed by atoms with Crippen molar-refractivity contribution in [2.24, 2.45) is 0 Å². The van der Waals surface area contributed by atoms with Crippen LogP contribution in [0.25, 0.3) is 0 Å². The van der Waals surface area contributed by atoms with Crippen LogP contribution in [0, 0.1) is 5.82 Å². The number of nitrogens with one attached hydrogen (secondary N) is 3. The Balaban J connectivity index is 1.79. The SMILES string of the molecule is CC(C)(C)OC(=O)NCC(=O)Nc1ccc(CNC(=O)c2ccccc2F)cc1. The molecule has 7 nitrogen and oxygen atoms in total. The van der Waals surface area contributed by atoms with E-state index in [2.05, 4.69) is 16.0 Å². The third-order valence-electron chi connectivity index (χ3n) is 3.60. The molecule has 2 aromatic rings. The van der Waals surface area contributed by atoms with Crippen molar-refractivity contribution in [2.75, 3.05) is 11.9 Å². The Morgan fingerprint density at radius 2 is 1.62 bits per heavy atom. The maximum Gasteiger partial charge on any atom is 0.408 e. The van der Waals surface area contributed by atoms with Gasteiger partial charge in [-0.2, -0.15) is 0 Å². The number of hydrogen-bond donors (Lipinski definition) is 3. The third-order valence-corrected chi connectivity index (χ3v) is 3.60. The van der Waals surface area contributed by atoms with Crippen molar-refractivity contribution in [3.8, 4) is 0 Å². The van der Waals surface area contributed by atoms with E-state index in [0.29, 0.717) is 5.69 Å². The van der Waals surface area contributed by atoms with Crippen LogP contribution in [0.3, 0.4) is 0 Å². The number of carbonyl (C=O) groups is 3. The van der Waals surface area contributed by atoms with Gasteiger partial charge >= 0.3 is 6.09 Å². The maximum absolute atomic E-state index is 13.6. The Kier molecular flexibility index (Phi) is 7.30. The molecular formula is C21H24FN3O4. The fourth-order valence-electron chi connectivity index (χ4n) is 2.30. The van der Waals surface area contributed by atoms with Crippen LogP contribution in [0.4, 0.5) is 14.9 Å². The Bertz CT molecular complexity index is 876. The summed E-state index contributed by atoms with van der Waals surface area (Å²) in [5, 5.41) is 7.65. The van der Waals surface area contributed by atoms with Crippen molar-refractivity contribution < 1.29 is 23.5 Å². The maximum atomic E-state index is 13.6. The molecule has 0 aliphatic carbocycles. The average molecular weight is 401 g/mol. The summed E-state index contributed by atoms with van der Waals surface area (Å²) in [5.41, 5.74) is 0.650. The van der Waals surface area contributed by atoms with Crippen LogP contribution in [-0.2, 0) is 16.1 Å². The number of ether oxygens (including phenoxy) is 1. The smallest absolute Gasteiger partial charge is 0.408 e. The van der Waals surface area contributed by atoms with Crippen LogP contribution in [-0.4, -0.2) is 30.1 Å². The first-order valence-corrected chi connectivity index (χ1v) is 9.02. The molecule has 0 saturated heterocycles. The van der Waals surface area contributed by atoms with E-state index in [1.807, 2.05) is 0 Å². The number of hydrogen-bond acceptors (Lipinski definition) is 4. The zero-order chi connectivity index (χ0) is 21.4. The summed E-state index contributed by atoms with van der Waals surface area (Å²) < 4.78 is 18.7. The Labute approximate surface area is 168 Å². The number of benzene rings is 2. The predicted octanol–water partition coefficient (Wildman–Crippen LogP) is 3.22. The molecule has 29 heavy (non-hydrogen) atoms. The monoisotopic (exact) mass is 401 g/mol. The summed E-state index contributed by atoms with van der Waals surface area (Å²) >= 11 is 0. The second-order valence-corrected chi connectivity index (χ2v) is 7.26. The molecule has 0 atom stereocenters. The highest BCUT2D eigenvalue weighted by atomic mass is 19.1. The first-order valence-electron chi connectivity index (χ1n) is 9.02. The van der Waals surface area contributed by atoms with Crippen LogP contribution in [0.1, 0.15) is 36.7 Å². The van der Waals surface area contributed by atoms with E-state index in [-0.39, 0.29) is 18.7 Å². The molecule has 2 rings (SSSR count). The highest BCUT2D eigenvalue weighted by Crippen LogP contribution is 2.11. The molecule has 2 aromatic carbocycles. The number of amides is 3. The topological polar surface area (TPSA) is 96.5 Å². The molecule has 154 valence electrons. The van der Waals surface area contributed by atoms with Gasteiger partial charge in [-0.05, 0) is 50.6 Å². The minimum atomic E-state index is -0.673. The van der Waals surface area contributed by atoms with Gasteiger partial charge in [0.1, 0.15) is 18.0 Å². The highest BCUT2D eigenvalue weighted by molar-refractivity contribution is 5.94. The molecule has 0 spiro atoms. The zero-order valence-corrected chi connectivity index (χ0v) is 16.5. The van der Waals surface area contributed by atoms with Gasteiger partial charge in [-0.1, -0.05) is 24.3 Å². The van der Waals surface area contributed by atoms with Crippen molar-refractivity contribution >= 4 is 23.6 Å². The summed E-state index contributed by atoms with van der Waals surface area (Å²) in [7, 11) is 0. The summed E-state index contributed by atoms with van der Waals surface area (Å²) in [6.45, 7) is 5.17. The number of alkyl carbamates (subject to hydrolysis) is 1. The van der Waals surface area contributed by atoms with Gasteiger partial charge in [0.05, 0.1) is 5.56 Å². The molecule has 0 bridgehead atoms. The minimum Gasteiger partial charge on any atom is -0.444 e. The fourth-order valence-corrected chi connectivity index (χ4v) is 2.30. The van der Waals surface area contributed by atoms with Gasteiger partial charge in [-0.3, -0.25) is 9.59 Å². The van der Waals surface area contributed by atoms with Gasteiger partial charge in [0, 0.05) is 12.2 Å². The summed E-state index contributed by atoms with van der Waals surface area (Å²) in [6, 6.07) is 12.5. The summed E-state index contributed by atoms with van der Waals surface area (Å²) in [6.07, 6.45) is -0.673. The van der Waals surface area contributed by atoms with Crippen LogP contribution >= 0.6 is 0 Å². The Morgan fingerprint density at radius 3 is 2.24 bits per heavy atom. The van der Waals surface area contributed by atoms with Crippen LogP contribution < -0.4 is 16.0 Å². The lowest BCUT2D eigenvalue weighted by molar-refractivity contribution is -0.115. The predicted molar refractivity (Wildman–Crippen MR) is 107 cm³/mol. The number of anilines is 1. The number of rotatable bonds is 6. The van der Waals surface area contributed by atoms with Gasteiger partial charge in [-0.25, -0.2) is 9.18 Å². The van der Waals surface area contributed by atoms with E-state index in [4.69, 9.17) is 4.74 Å². The van der Waals surface area contributed by atoms with Crippen molar-refractivity contribution in [3.63, 3.8) is 0 Å². The standard InChI is InChI=1S/C21H24FN3O4/c1-21(2,3)29-20(28)24-13-18(26)25-15-10-8-14(9-11-15)12-23-19(27)16-6-4-5-7-17(16)22/h4-11H,12-13H2,1-3H3,(H,23,27)(H,24,28)(H,25,26). The van der Waals surface area contributed by atoms with E-state index in [1.54, 1.807) is 51.1 Å². The van der Waals surface area contributed by atoms with Crippen LogP contribution in [0.15, 0.2) is 48.5 Å². The Hall–Kier alpha value is -3.42. The van der Waals surface area contributed by atoms with Crippen molar-refractivity contribution in [2.45, 2.75) is 32.9 Å². The zero-order valence-electron chi connectivity index (χ0n) is 16.5. The van der Waals surface area contributed by atoms with Crippen molar-refractivity contribution in [1.29, 1.82) is 0 Å². The molecule has 0 aromatic heterocycles. The first kappa shape index (κ1) is 21.9. The van der Waals surface area contributed by atoms with E-state index >= 15 is 0 Å². The lowest BCUT2D eigenvalue weighted by Gasteiger charge is -2.19. The largest absolute Gasteiger partial charge is 0.444 e. The van der Waals surface area contributed by atoms with Crippen LogP contribution in [0.2, 0.25) is 0 Å². The normalized spacial score (nSPS) is 10.8. The second-order valence-electron chi connectivity index (χ2n) is 7.26. The van der Waals surface area contributed by atoms with Gasteiger partial charge in [-0.15, -0.1) is 0 Å². The molecule has 0 aliphatic rings. The van der Waals surface area contributed by atoms with Gasteiger partial charge < -0.3 is 20.7 Å². The lowest BCUT2D eigenvalue weighted by Crippen LogP contribution is -2.37. The van der Waals surface area contributed by atoms with E-state index in [9.17, 15) is 18.8 Å². The molecule has 0 radical (unpaired) electrons. The molecule has 8 heteroatoms. The molecule has 0 unspecified atom stereocenters. The number of halogens is 1. The first-order chi connectivity index (χ1) is 13.6. The highest BCUT2D eigenvalue weighted by Gasteiger charge is 2.16. The summed E-state index contributed by atoms with van der Waals surface area (Å²) in [4.78, 5) is 35.4. The van der Waals surface area contributed by atoms with E-state index in [0.717, 1.165) is 5.56 Å². The van der Waals surface area contributed by atoms with E-state index in [1.165, 1.54) is 18.2 Å². The molecule has 0 saturated carbocycles. The minimum absolute atomic E-state index is 0.0196. The van der Waals surface area contributed by atoms with Gasteiger partial charge in [0.2, 0.25) is 5.91 Å². The lowest BCUT2D eigenvalue weighted by atomic mass is 10.1. The molecule has 3 amide bonds. The molecule has 3 N–H and O–H groups in total. The van der Waals surface area contributed by atoms with E-state index < -0.39 is 29.3 Å². The summed E-state index contributed by atoms with van der Waals surface area (Å²) in [5.74, 6) is -1.49. The molecule has 0 fully saturated rings. The van der Waals surface area contributed by atoms with Gasteiger partial charge in [0.15, 0.2) is 0 Å². The van der Waals surface area contributed by atoms with Crippen molar-refractivity contribution in [1.82, 2.24) is 10.6 Å². The average Bonchev–Trinajstić information content (AvgIpc) is 2.64. The van der Waals surface area contributed by atoms with Crippen LogP contribution in [0.5, 0.6) is 0 Å². The number of carbonyl (C=O) groups excluding carboxylic acids is 3. The van der Waals surface area contributed by atoms with Crippen molar-refractivity contribution in [3.05, 3.63) is 65.5 Å². The third kappa shape index (κ3) is 7.61. The molecule has 0 heterocycles. The van der Waals surface area contributed by atoms with Gasteiger partial charge in [0.25, 0.3) is 5.91 Å². The second kappa shape index (κ2) is 9.68. The Morgan fingerprint density at radius 1 is 0.966 bits per heavy atom. The quantitative estimate of drug-likeness (QED) is 0.692.